The average molecular weight is 277 g/mol. The maximum absolute atomic E-state index is 11.2. The Balaban J connectivity index is 2.65. The fraction of sp³-hybridized carbons (Fsp3) is 0. The number of rotatable bonds is 3. The summed E-state index contributed by atoms with van der Waals surface area (Å²) in [5.74, 6) is -2.22. The fourth-order valence-corrected chi connectivity index (χ4v) is 2.06. The Kier molecular flexibility index (Phi) is 3.53. The van der Waals surface area contributed by atoms with Crippen LogP contribution in [0.2, 0.25) is 5.02 Å². The van der Waals surface area contributed by atoms with Crippen LogP contribution in [0.3, 0.4) is 0 Å². The molecule has 0 atom stereocenters. The van der Waals surface area contributed by atoms with Crippen LogP contribution in [0, 0.1) is 0 Å². The predicted molar refractivity (Wildman–Crippen MR) is 70.8 cm³/mol. The molecule has 0 aromatic heterocycles. The Labute approximate surface area is 113 Å². The van der Waals surface area contributed by atoms with Gasteiger partial charge in [0.05, 0.1) is 16.1 Å². The highest BCUT2D eigenvalue weighted by atomic mass is 35.5. The first-order valence-corrected chi connectivity index (χ1v) is 5.74. The number of benzene rings is 2. The molecule has 2 aromatic rings. The second kappa shape index (κ2) is 5.12. The highest BCUT2D eigenvalue weighted by Crippen LogP contribution is 2.29. The van der Waals surface area contributed by atoms with Gasteiger partial charge in [-0.05, 0) is 29.3 Å². The van der Waals surface area contributed by atoms with Gasteiger partial charge in [0.15, 0.2) is 0 Å². The SMILES string of the molecule is O=C(O)c1cccc(-c2cccc(Cl)c2C(=O)O)c1. The van der Waals surface area contributed by atoms with Gasteiger partial charge in [0, 0.05) is 0 Å². The largest absolute Gasteiger partial charge is 0.478 e. The lowest BCUT2D eigenvalue weighted by molar-refractivity contribution is 0.0687. The van der Waals surface area contributed by atoms with E-state index in [0.29, 0.717) is 11.1 Å². The van der Waals surface area contributed by atoms with Crippen LogP contribution in [0.1, 0.15) is 20.7 Å². The highest BCUT2D eigenvalue weighted by molar-refractivity contribution is 6.34. The van der Waals surface area contributed by atoms with E-state index in [1.807, 2.05) is 0 Å². The molecule has 0 saturated heterocycles. The van der Waals surface area contributed by atoms with Crippen molar-refractivity contribution in [2.45, 2.75) is 0 Å². The summed E-state index contributed by atoms with van der Waals surface area (Å²) in [6.07, 6.45) is 0. The molecule has 0 radical (unpaired) electrons. The van der Waals surface area contributed by atoms with Crippen LogP contribution in [0.25, 0.3) is 11.1 Å². The van der Waals surface area contributed by atoms with E-state index in [9.17, 15) is 14.7 Å². The quantitative estimate of drug-likeness (QED) is 0.901. The Morgan fingerprint density at radius 1 is 0.947 bits per heavy atom. The summed E-state index contributed by atoms with van der Waals surface area (Å²) in [5, 5.41) is 18.2. The van der Waals surface area contributed by atoms with Crippen LogP contribution in [-0.2, 0) is 0 Å². The molecule has 0 aliphatic heterocycles. The summed E-state index contributed by atoms with van der Waals surface area (Å²) in [4.78, 5) is 22.2. The molecule has 0 aliphatic carbocycles. The Bertz CT molecular complexity index is 664. The predicted octanol–water partition coefficient (Wildman–Crippen LogP) is 3.40. The molecule has 0 saturated carbocycles. The van der Waals surface area contributed by atoms with E-state index in [0.717, 1.165) is 0 Å². The summed E-state index contributed by atoms with van der Waals surface area (Å²) < 4.78 is 0. The van der Waals surface area contributed by atoms with Crippen LogP contribution < -0.4 is 0 Å². The summed E-state index contributed by atoms with van der Waals surface area (Å²) in [5.41, 5.74) is 0.948. The Morgan fingerprint density at radius 3 is 2.26 bits per heavy atom. The molecule has 0 bridgehead atoms. The van der Waals surface area contributed by atoms with Crippen LogP contribution in [-0.4, -0.2) is 22.2 Å². The summed E-state index contributed by atoms with van der Waals surface area (Å²) in [7, 11) is 0. The number of carbonyl (C=O) groups is 2. The van der Waals surface area contributed by atoms with Crippen LogP contribution in [0.5, 0.6) is 0 Å². The van der Waals surface area contributed by atoms with Gasteiger partial charge in [-0.15, -0.1) is 0 Å². The number of hydrogen-bond acceptors (Lipinski definition) is 2. The normalized spacial score (nSPS) is 10.2. The summed E-state index contributed by atoms with van der Waals surface area (Å²) in [6, 6.07) is 10.8. The molecule has 0 unspecified atom stereocenters. The number of hydrogen-bond donors (Lipinski definition) is 2. The summed E-state index contributed by atoms with van der Waals surface area (Å²) >= 11 is 5.88. The van der Waals surface area contributed by atoms with Crippen molar-refractivity contribution >= 4 is 23.5 Å². The molecule has 96 valence electrons. The van der Waals surface area contributed by atoms with Crippen LogP contribution in [0.15, 0.2) is 42.5 Å². The van der Waals surface area contributed by atoms with Crippen molar-refractivity contribution < 1.29 is 19.8 Å². The molecule has 19 heavy (non-hydrogen) atoms. The van der Waals surface area contributed by atoms with Crippen molar-refractivity contribution in [2.75, 3.05) is 0 Å². The lowest BCUT2D eigenvalue weighted by Gasteiger charge is -2.08. The molecule has 4 nitrogen and oxygen atoms in total. The molecule has 0 aliphatic rings. The molecule has 0 fully saturated rings. The van der Waals surface area contributed by atoms with Gasteiger partial charge in [-0.2, -0.15) is 0 Å². The van der Waals surface area contributed by atoms with E-state index < -0.39 is 11.9 Å². The molecule has 0 heterocycles. The monoisotopic (exact) mass is 276 g/mol. The molecule has 0 amide bonds. The van der Waals surface area contributed by atoms with E-state index in [4.69, 9.17) is 16.7 Å². The minimum absolute atomic E-state index is 0.0355. The number of carboxylic acid groups (broad SMARTS) is 2. The van der Waals surface area contributed by atoms with Gasteiger partial charge in [0.1, 0.15) is 0 Å². The van der Waals surface area contributed by atoms with Gasteiger partial charge >= 0.3 is 11.9 Å². The fourth-order valence-electron chi connectivity index (χ4n) is 1.80. The van der Waals surface area contributed by atoms with Gasteiger partial charge in [-0.25, -0.2) is 9.59 Å². The van der Waals surface area contributed by atoms with Gasteiger partial charge in [-0.3, -0.25) is 0 Å². The molecular weight excluding hydrogens is 268 g/mol. The summed E-state index contributed by atoms with van der Waals surface area (Å²) in [6.45, 7) is 0. The minimum atomic E-state index is -1.15. The Hall–Kier alpha value is -2.33. The lowest BCUT2D eigenvalue weighted by Crippen LogP contribution is -2.02. The highest BCUT2D eigenvalue weighted by Gasteiger charge is 2.16. The van der Waals surface area contributed by atoms with Gasteiger partial charge in [0.2, 0.25) is 0 Å². The maximum Gasteiger partial charge on any atom is 0.337 e. The van der Waals surface area contributed by atoms with Crippen molar-refractivity contribution in [3.8, 4) is 11.1 Å². The molecule has 2 aromatic carbocycles. The Morgan fingerprint density at radius 2 is 1.63 bits per heavy atom. The lowest BCUT2D eigenvalue weighted by atomic mass is 9.98. The first-order chi connectivity index (χ1) is 9.00. The first kappa shape index (κ1) is 13.1. The smallest absolute Gasteiger partial charge is 0.337 e. The molecule has 0 spiro atoms. The second-order valence-corrected chi connectivity index (χ2v) is 4.26. The zero-order chi connectivity index (χ0) is 14.0. The topological polar surface area (TPSA) is 74.6 Å². The van der Waals surface area contributed by atoms with E-state index in [1.54, 1.807) is 24.3 Å². The van der Waals surface area contributed by atoms with Gasteiger partial charge < -0.3 is 10.2 Å². The molecule has 5 heteroatoms. The third-order valence-corrected chi connectivity index (χ3v) is 2.96. The van der Waals surface area contributed by atoms with E-state index >= 15 is 0 Å². The molecule has 2 rings (SSSR count). The molecular formula is C14H9ClO4. The third-order valence-electron chi connectivity index (χ3n) is 2.65. The van der Waals surface area contributed by atoms with Gasteiger partial charge in [-0.1, -0.05) is 35.9 Å². The van der Waals surface area contributed by atoms with Crippen LogP contribution in [0.4, 0.5) is 0 Å². The second-order valence-electron chi connectivity index (χ2n) is 3.85. The van der Waals surface area contributed by atoms with Crippen molar-refractivity contribution in [1.82, 2.24) is 0 Å². The van der Waals surface area contributed by atoms with Crippen molar-refractivity contribution in [3.63, 3.8) is 0 Å². The first-order valence-electron chi connectivity index (χ1n) is 5.36. The number of carboxylic acids is 2. The zero-order valence-electron chi connectivity index (χ0n) is 9.63. The van der Waals surface area contributed by atoms with Crippen molar-refractivity contribution in [2.24, 2.45) is 0 Å². The minimum Gasteiger partial charge on any atom is -0.478 e. The maximum atomic E-state index is 11.2. The van der Waals surface area contributed by atoms with Gasteiger partial charge in [0.25, 0.3) is 0 Å². The van der Waals surface area contributed by atoms with E-state index in [1.165, 1.54) is 18.2 Å². The zero-order valence-corrected chi connectivity index (χ0v) is 10.4. The number of halogens is 1. The standard InChI is InChI=1S/C14H9ClO4/c15-11-6-2-5-10(12(11)14(18)19)8-3-1-4-9(7-8)13(16)17/h1-7H,(H,16,17)(H,18,19). The number of aromatic carboxylic acids is 2. The van der Waals surface area contributed by atoms with Crippen LogP contribution >= 0.6 is 11.6 Å². The third kappa shape index (κ3) is 2.58. The van der Waals surface area contributed by atoms with Crippen molar-refractivity contribution in [1.29, 1.82) is 0 Å². The van der Waals surface area contributed by atoms with Crippen molar-refractivity contribution in [3.05, 3.63) is 58.6 Å². The average Bonchev–Trinajstić information content (AvgIpc) is 2.38. The van der Waals surface area contributed by atoms with E-state index in [2.05, 4.69) is 0 Å². The molecule has 2 N–H and O–H groups in total. The van der Waals surface area contributed by atoms with E-state index in [-0.39, 0.29) is 16.1 Å².